The van der Waals surface area contributed by atoms with E-state index in [2.05, 4.69) is 22.6 Å². The van der Waals surface area contributed by atoms with E-state index in [0.717, 1.165) is 39.9 Å². The van der Waals surface area contributed by atoms with Gasteiger partial charge in [-0.05, 0) is 70.4 Å². The molecule has 6 rings (SSSR count). The Labute approximate surface area is 197 Å². The van der Waals surface area contributed by atoms with Crippen LogP contribution in [-0.2, 0) is 15.9 Å². The van der Waals surface area contributed by atoms with Crippen molar-refractivity contribution in [1.82, 2.24) is 14.5 Å². The molecular formula is C25H28BF2N3O3. The van der Waals surface area contributed by atoms with Crippen molar-refractivity contribution in [3.05, 3.63) is 53.3 Å². The maximum atomic E-state index is 13.3. The first kappa shape index (κ1) is 22.0. The molecule has 1 saturated heterocycles. The van der Waals surface area contributed by atoms with Crippen LogP contribution < -0.4 is 10.2 Å². The number of benzene rings is 2. The van der Waals surface area contributed by atoms with E-state index in [0.29, 0.717) is 6.54 Å². The van der Waals surface area contributed by atoms with Gasteiger partial charge in [0.2, 0.25) is 0 Å². The van der Waals surface area contributed by atoms with Crippen molar-refractivity contribution in [2.45, 2.75) is 70.6 Å². The first-order valence-electron chi connectivity index (χ1n) is 11.7. The summed E-state index contributed by atoms with van der Waals surface area (Å²) >= 11 is 0. The van der Waals surface area contributed by atoms with E-state index in [-0.39, 0.29) is 17.8 Å². The molecule has 0 saturated carbocycles. The van der Waals surface area contributed by atoms with Gasteiger partial charge >= 0.3 is 13.7 Å². The molecular weight excluding hydrogens is 439 g/mol. The zero-order valence-electron chi connectivity index (χ0n) is 20.0. The summed E-state index contributed by atoms with van der Waals surface area (Å²) in [5.74, 6) is 1.19. The van der Waals surface area contributed by atoms with Crippen molar-refractivity contribution in [3.63, 3.8) is 0 Å². The summed E-state index contributed by atoms with van der Waals surface area (Å²) in [6.07, 6.45) is 0.756. The van der Waals surface area contributed by atoms with Gasteiger partial charge in [0.05, 0.1) is 34.3 Å². The van der Waals surface area contributed by atoms with Crippen molar-refractivity contribution in [3.8, 4) is 5.75 Å². The zero-order valence-corrected chi connectivity index (χ0v) is 20.0. The monoisotopic (exact) mass is 467 g/mol. The summed E-state index contributed by atoms with van der Waals surface area (Å²) in [6, 6.07) is 11.4. The van der Waals surface area contributed by atoms with Crippen molar-refractivity contribution in [1.29, 1.82) is 0 Å². The fourth-order valence-electron chi connectivity index (χ4n) is 5.55. The number of alkyl halides is 2. The van der Waals surface area contributed by atoms with Crippen LogP contribution in [0.15, 0.2) is 36.4 Å². The lowest BCUT2D eigenvalue weighted by atomic mass is 9.79. The Balaban J connectivity index is 1.50. The maximum Gasteiger partial charge on any atom is 0.494 e. The third-order valence-electron chi connectivity index (χ3n) is 7.98. The highest BCUT2D eigenvalue weighted by Crippen LogP contribution is 2.50. The summed E-state index contributed by atoms with van der Waals surface area (Å²) < 4.78 is 46.3. The van der Waals surface area contributed by atoms with Gasteiger partial charge in [-0.3, -0.25) is 4.90 Å². The molecule has 3 aromatic rings. The average molecular weight is 467 g/mol. The predicted octanol–water partition coefficient (Wildman–Crippen LogP) is 4.42. The lowest BCUT2D eigenvalue weighted by Gasteiger charge is -2.32. The third-order valence-corrected chi connectivity index (χ3v) is 7.98. The second kappa shape index (κ2) is 7.26. The molecule has 0 radical (unpaired) electrons. The Morgan fingerprint density at radius 3 is 2.53 bits per heavy atom. The first-order valence-corrected chi connectivity index (χ1v) is 11.7. The molecule has 4 heterocycles. The fourth-order valence-corrected chi connectivity index (χ4v) is 5.55. The molecule has 178 valence electrons. The van der Waals surface area contributed by atoms with Crippen LogP contribution in [0.2, 0.25) is 0 Å². The molecule has 0 N–H and O–H groups in total. The van der Waals surface area contributed by atoms with Gasteiger partial charge in [0.1, 0.15) is 11.6 Å². The molecule has 0 unspecified atom stereocenters. The van der Waals surface area contributed by atoms with Crippen molar-refractivity contribution >= 4 is 23.6 Å². The molecule has 1 fully saturated rings. The molecule has 6 nitrogen and oxygen atoms in total. The molecule has 2 bridgehead atoms. The van der Waals surface area contributed by atoms with Gasteiger partial charge in [-0.1, -0.05) is 18.2 Å². The van der Waals surface area contributed by atoms with E-state index in [4.69, 9.17) is 19.0 Å². The van der Waals surface area contributed by atoms with Crippen LogP contribution in [0.4, 0.5) is 8.78 Å². The van der Waals surface area contributed by atoms with Crippen LogP contribution >= 0.6 is 0 Å². The molecule has 3 aliphatic rings. The highest BCUT2D eigenvalue weighted by Gasteiger charge is 2.52. The largest absolute Gasteiger partial charge is 0.494 e. The van der Waals surface area contributed by atoms with Crippen LogP contribution in [0, 0.1) is 0 Å². The van der Waals surface area contributed by atoms with E-state index >= 15 is 0 Å². The highest BCUT2D eigenvalue weighted by molar-refractivity contribution is 6.62. The lowest BCUT2D eigenvalue weighted by molar-refractivity contribution is -0.0507. The standard InChI is InChI=1S/C25H28BF2N3O3/c1-24(2)25(3,4)34-26(33-24)15-9-10-16-17(11-15)31-18-12-19(22(31)29-16)30(5)13-14-7-6-8-20(21(14)18)32-23(27)28/h6-11,18-19,23H,12-13H2,1-5H3/t18-,19-/m1/s1. The number of hydrogen-bond acceptors (Lipinski definition) is 5. The van der Waals surface area contributed by atoms with Crippen molar-refractivity contribution < 1.29 is 22.8 Å². The van der Waals surface area contributed by atoms with E-state index in [9.17, 15) is 8.78 Å². The summed E-state index contributed by atoms with van der Waals surface area (Å²) in [7, 11) is 1.57. The Hall–Kier alpha value is -2.49. The minimum atomic E-state index is -2.88. The van der Waals surface area contributed by atoms with Gasteiger partial charge in [-0.25, -0.2) is 4.98 Å². The SMILES string of the molecule is CN1Cc2cccc(OC(F)F)c2[C@H]2C[C@@H]1c1nc3ccc(B4OC(C)(C)C(C)(C)O4)cc3n12. The second-order valence-electron chi connectivity index (χ2n) is 10.6. The quantitative estimate of drug-likeness (QED) is 0.534. The Kier molecular flexibility index (Phi) is 4.70. The van der Waals surface area contributed by atoms with Gasteiger partial charge in [0.15, 0.2) is 0 Å². The topological polar surface area (TPSA) is 48.8 Å². The number of hydrogen-bond donors (Lipinski definition) is 0. The highest BCUT2D eigenvalue weighted by atomic mass is 19.3. The molecule has 9 heteroatoms. The van der Waals surface area contributed by atoms with Gasteiger partial charge in [0, 0.05) is 12.1 Å². The molecule has 2 aromatic carbocycles. The molecule has 1 aromatic heterocycles. The van der Waals surface area contributed by atoms with Gasteiger partial charge < -0.3 is 18.6 Å². The number of halogens is 2. The molecule has 34 heavy (non-hydrogen) atoms. The summed E-state index contributed by atoms with van der Waals surface area (Å²) in [5, 5.41) is 0. The maximum absolute atomic E-state index is 13.3. The van der Waals surface area contributed by atoms with E-state index in [1.165, 1.54) is 0 Å². The van der Waals surface area contributed by atoms with E-state index in [1.807, 2.05) is 45.9 Å². The van der Waals surface area contributed by atoms with E-state index in [1.54, 1.807) is 12.1 Å². The van der Waals surface area contributed by atoms with Crippen LogP contribution in [-0.4, -0.2) is 46.4 Å². The normalized spacial score (nSPS) is 25.0. The van der Waals surface area contributed by atoms with Gasteiger partial charge in [-0.2, -0.15) is 8.78 Å². The van der Waals surface area contributed by atoms with E-state index < -0.39 is 24.9 Å². The number of nitrogens with zero attached hydrogens (tertiary/aromatic N) is 3. The minimum Gasteiger partial charge on any atom is -0.434 e. The molecule has 0 spiro atoms. The average Bonchev–Trinajstić information content (AvgIpc) is 3.31. The van der Waals surface area contributed by atoms with Crippen LogP contribution in [0.25, 0.3) is 11.0 Å². The first-order chi connectivity index (χ1) is 16.1. The smallest absolute Gasteiger partial charge is 0.434 e. The molecule has 3 aliphatic heterocycles. The number of ether oxygens (including phenoxy) is 1. The van der Waals surface area contributed by atoms with Gasteiger partial charge in [-0.15, -0.1) is 0 Å². The Bertz CT molecular complexity index is 1280. The number of imidazole rings is 1. The van der Waals surface area contributed by atoms with Crippen molar-refractivity contribution in [2.24, 2.45) is 0 Å². The number of rotatable bonds is 3. The summed E-state index contributed by atoms with van der Waals surface area (Å²) in [4.78, 5) is 7.21. The second-order valence-corrected chi connectivity index (χ2v) is 10.6. The predicted molar refractivity (Wildman–Crippen MR) is 125 cm³/mol. The summed E-state index contributed by atoms with van der Waals surface area (Å²) in [5.41, 5.74) is 3.67. The van der Waals surface area contributed by atoms with Gasteiger partial charge in [0.25, 0.3) is 0 Å². The minimum absolute atomic E-state index is 0.0875. The Morgan fingerprint density at radius 1 is 1.09 bits per heavy atom. The molecule has 2 atom stereocenters. The lowest BCUT2D eigenvalue weighted by Crippen LogP contribution is -2.41. The van der Waals surface area contributed by atoms with Crippen molar-refractivity contribution in [2.75, 3.05) is 7.05 Å². The fraction of sp³-hybridized carbons (Fsp3) is 0.480. The third kappa shape index (κ3) is 3.13. The van der Waals surface area contributed by atoms with Crippen LogP contribution in [0.3, 0.4) is 0 Å². The molecule has 0 amide bonds. The number of fused-ring (bicyclic) bond motifs is 9. The Morgan fingerprint density at radius 2 is 1.82 bits per heavy atom. The molecule has 0 aliphatic carbocycles. The summed E-state index contributed by atoms with van der Waals surface area (Å²) in [6.45, 7) is 5.91. The van der Waals surface area contributed by atoms with Crippen LogP contribution in [0.1, 0.15) is 63.2 Å². The zero-order chi connectivity index (χ0) is 24.0. The van der Waals surface area contributed by atoms with Crippen LogP contribution in [0.5, 0.6) is 5.75 Å². The number of aromatic nitrogens is 2.